The van der Waals surface area contributed by atoms with Gasteiger partial charge in [0.15, 0.2) is 0 Å². The van der Waals surface area contributed by atoms with Gasteiger partial charge in [-0.05, 0) is 47.5 Å². The minimum absolute atomic E-state index is 0.0864. The second kappa shape index (κ2) is 10.1. The minimum atomic E-state index is -4.54. The fourth-order valence-corrected chi connectivity index (χ4v) is 4.89. The van der Waals surface area contributed by atoms with E-state index in [0.717, 1.165) is 18.2 Å². The summed E-state index contributed by atoms with van der Waals surface area (Å²) in [5.74, 6) is -0.443. The van der Waals surface area contributed by atoms with E-state index in [0.29, 0.717) is 29.9 Å². The topological polar surface area (TPSA) is 110 Å². The summed E-state index contributed by atoms with van der Waals surface area (Å²) in [6.07, 6.45) is -5.93. The van der Waals surface area contributed by atoms with Gasteiger partial charge in [0, 0.05) is 37.4 Å². The number of alkyl halides is 3. The molecule has 0 aromatic heterocycles. The molecule has 1 fully saturated rings. The number of carbonyl (C=O) groups is 2. The van der Waals surface area contributed by atoms with Gasteiger partial charge in [0.2, 0.25) is 0 Å². The molecule has 2 N–H and O–H groups in total. The highest BCUT2D eigenvalue weighted by molar-refractivity contribution is 7.87. The number of hydrogen-bond donors (Lipinski definition) is 1. The average Bonchev–Trinajstić information content (AvgIpc) is 2.87. The molecule has 0 saturated carbocycles. The van der Waals surface area contributed by atoms with E-state index >= 15 is 0 Å². The van der Waals surface area contributed by atoms with E-state index < -0.39 is 38.8 Å². The van der Waals surface area contributed by atoms with Crippen molar-refractivity contribution in [3.63, 3.8) is 0 Å². The van der Waals surface area contributed by atoms with Crippen molar-refractivity contribution >= 4 is 27.8 Å². The van der Waals surface area contributed by atoms with E-state index in [1.807, 2.05) is 4.90 Å². The van der Waals surface area contributed by atoms with Gasteiger partial charge in [-0.3, -0.25) is 4.79 Å². The highest BCUT2D eigenvalue weighted by atomic mass is 32.2. The molecular formula is C25H22F3N3O5S. The number of carbonyl (C=O) groups excluding carboxylic acids is 2. The Morgan fingerprint density at radius 2 is 1.49 bits per heavy atom. The summed E-state index contributed by atoms with van der Waals surface area (Å²) in [6, 6.07) is 17.5. The molecule has 1 saturated heterocycles. The van der Waals surface area contributed by atoms with Crippen LogP contribution in [0.5, 0.6) is 0 Å². The van der Waals surface area contributed by atoms with E-state index in [9.17, 15) is 31.2 Å². The van der Waals surface area contributed by atoms with E-state index in [4.69, 9.17) is 5.73 Å². The first-order valence-corrected chi connectivity index (χ1v) is 12.5. The number of anilines is 1. The molecule has 4 rings (SSSR count). The first kappa shape index (κ1) is 26.0. The van der Waals surface area contributed by atoms with Crippen molar-refractivity contribution in [3.05, 3.63) is 83.9 Å². The molecule has 0 atom stereocenters. The van der Waals surface area contributed by atoms with Gasteiger partial charge >= 0.3 is 22.4 Å². The predicted molar refractivity (Wildman–Crippen MR) is 129 cm³/mol. The predicted octanol–water partition coefficient (Wildman–Crippen LogP) is 4.12. The normalized spacial score (nSPS) is 14.4. The van der Waals surface area contributed by atoms with Crippen LogP contribution in [0.15, 0.2) is 77.7 Å². The Morgan fingerprint density at radius 3 is 2.05 bits per heavy atom. The molecule has 0 aliphatic carbocycles. The van der Waals surface area contributed by atoms with Crippen LogP contribution < -0.4 is 10.6 Å². The van der Waals surface area contributed by atoms with Crippen molar-refractivity contribution in [2.45, 2.75) is 11.1 Å². The van der Waals surface area contributed by atoms with E-state index in [-0.39, 0.29) is 18.7 Å². The Kier molecular flexibility index (Phi) is 7.12. The first-order chi connectivity index (χ1) is 17.5. The number of rotatable bonds is 5. The molecule has 1 aliphatic rings. The summed E-state index contributed by atoms with van der Waals surface area (Å²) in [6.45, 7) is 1.23. The van der Waals surface area contributed by atoms with Gasteiger partial charge in [-0.25, -0.2) is 4.79 Å². The molecule has 3 aromatic carbocycles. The zero-order valence-corrected chi connectivity index (χ0v) is 20.1. The van der Waals surface area contributed by atoms with Crippen LogP contribution in [0.4, 0.5) is 23.7 Å². The largest absolute Gasteiger partial charge is 0.420 e. The van der Waals surface area contributed by atoms with Gasteiger partial charge in [0.1, 0.15) is 4.90 Å². The van der Waals surface area contributed by atoms with Crippen LogP contribution in [0.3, 0.4) is 0 Å². The highest BCUT2D eigenvalue weighted by Gasteiger charge is 2.31. The van der Waals surface area contributed by atoms with Crippen molar-refractivity contribution in [3.8, 4) is 11.1 Å². The third kappa shape index (κ3) is 5.85. The highest BCUT2D eigenvalue weighted by Crippen LogP contribution is 2.31. The lowest BCUT2D eigenvalue weighted by atomic mass is 9.98. The number of nitrogens with zero attached hydrogens (tertiary/aromatic N) is 2. The Hall–Kier alpha value is -4.06. The summed E-state index contributed by atoms with van der Waals surface area (Å²) in [5, 5.41) is 0. The number of halogens is 3. The Balaban J connectivity index is 1.58. The fraction of sp³-hybridized carbons (Fsp3) is 0.200. The second-order valence-corrected chi connectivity index (χ2v) is 9.80. The lowest BCUT2D eigenvalue weighted by Gasteiger charge is -2.36. The smallest absolute Gasteiger partial charge is 0.368 e. The quantitative estimate of drug-likeness (QED) is 0.494. The van der Waals surface area contributed by atoms with E-state index in [1.165, 1.54) is 29.2 Å². The third-order valence-electron chi connectivity index (χ3n) is 5.91. The molecule has 2 amide bonds. The molecule has 0 spiro atoms. The molecule has 8 nitrogen and oxygen atoms in total. The number of benzene rings is 3. The Morgan fingerprint density at radius 1 is 0.865 bits per heavy atom. The molecule has 0 unspecified atom stereocenters. The van der Waals surface area contributed by atoms with Crippen molar-refractivity contribution in [2.75, 3.05) is 31.1 Å². The maximum Gasteiger partial charge on any atom is 0.420 e. The van der Waals surface area contributed by atoms with Crippen LogP contribution in [0.1, 0.15) is 15.9 Å². The van der Waals surface area contributed by atoms with Gasteiger partial charge in [-0.15, -0.1) is 0 Å². The molecular weight excluding hydrogens is 511 g/mol. The molecule has 1 aliphatic heterocycles. The number of nitrogens with two attached hydrogens (primary N) is 1. The summed E-state index contributed by atoms with van der Waals surface area (Å²) in [5.41, 5.74) is 5.96. The van der Waals surface area contributed by atoms with Crippen LogP contribution in [-0.2, 0) is 20.5 Å². The second-order valence-electron chi connectivity index (χ2n) is 8.25. The van der Waals surface area contributed by atoms with Crippen molar-refractivity contribution in [1.29, 1.82) is 0 Å². The summed E-state index contributed by atoms with van der Waals surface area (Å²) in [7, 11) is -4.54. The van der Waals surface area contributed by atoms with Crippen LogP contribution in [0, 0.1) is 0 Å². The van der Waals surface area contributed by atoms with Crippen molar-refractivity contribution in [2.24, 2.45) is 5.73 Å². The lowest BCUT2D eigenvalue weighted by molar-refractivity contribution is -0.137. The van der Waals surface area contributed by atoms with E-state index in [1.54, 1.807) is 30.3 Å². The third-order valence-corrected chi connectivity index (χ3v) is 7.13. The Bertz CT molecular complexity index is 1400. The fourth-order valence-electron chi connectivity index (χ4n) is 4.08. The summed E-state index contributed by atoms with van der Waals surface area (Å²) in [4.78, 5) is 27.6. The van der Waals surface area contributed by atoms with Crippen LogP contribution in [0.2, 0.25) is 0 Å². The maximum atomic E-state index is 13.5. The molecule has 12 heteroatoms. The number of amides is 2. The number of primary amides is 1. The van der Waals surface area contributed by atoms with E-state index in [2.05, 4.69) is 4.18 Å². The molecule has 0 bridgehead atoms. The molecule has 0 radical (unpaired) electrons. The van der Waals surface area contributed by atoms with Gasteiger partial charge in [0.05, 0.1) is 5.56 Å². The Labute approximate surface area is 211 Å². The zero-order valence-electron chi connectivity index (χ0n) is 19.3. The molecule has 1 heterocycles. The van der Waals surface area contributed by atoms with Gasteiger partial charge in [-0.2, -0.15) is 21.6 Å². The number of piperazine rings is 1. The van der Waals surface area contributed by atoms with Crippen molar-refractivity contribution < 1.29 is 35.4 Å². The van der Waals surface area contributed by atoms with Crippen LogP contribution in [-0.4, -0.2) is 51.5 Å². The molecule has 3 aromatic rings. The van der Waals surface area contributed by atoms with Crippen LogP contribution in [0.25, 0.3) is 11.1 Å². The van der Waals surface area contributed by atoms with Gasteiger partial charge in [0.25, 0.3) is 5.91 Å². The minimum Gasteiger partial charge on any atom is -0.368 e. The maximum absolute atomic E-state index is 13.5. The number of hydrogen-bond acceptors (Lipinski definition) is 6. The van der Waals surface area contributed by atoms with Crippen molar-refractivity contribution in [1.82, 2.24) is 4.90 Å². The first-order valence-electron chi connectivity index (χ1n) is 11.1. The summed E-state index contributed by atoms with van der Waals surface area (Å²) >= 11 is 0. The standard InChI is InChI=1S/C25H22F3N3O5S/c26-25(27,28)18-6-8-19(9-7-18)30-12-14-31(15-13-30)23(32)22-16-20(37(34,35)36-24(29)33)10-11-21(22)17-4-2-1-3-5-17/h1-11,16H,12-15H2,(H2,29,33). The monoisotopic (exact) mass is 533 g/mol. The average molecular weight is 534 g/mol. The van der Waals surface area contributed by atoms with Gasteiger partial charge in [-0.1, -0.05) is 36.4 Å². The lowest BCUT2D eigenvalue weighted by Crippen LogP contribution is -2.49. The SMILES string of the molecule is NC(=O)OS(=O)(=O)c1ccc(-c2ccccc2)c(C(=O)N2CCN(c3ccc(C(F)(F)F)cc3)CC2)c1. The van der Waals surface area contributed by atoms with Crippen LogP contribution >= 0.6 is 0 Å². The van der Waals surface area contributed by atoms with Gasteiger partial charge < -0.3 is 19.7 Å². The molecule has 194 valence electrons. The zero-order chi connectivity index (χ0) is 26.8. The summed E-state index contributed by atoms with van der Waals surface area (Å²) < 4.78 is 67.6. The molecule has 37 heavy (non-hydrogen) atoms.